The van der Waals surface area contributed by atoms with Crippen molar-refractivity contribution < 1.29 is 33.6 Å². The quantitative estimate of drug-likeness (QED) is 0.337. The molecule has 0 aromatic rings. The Balaban J connectivity index is 2.63. The number of aliphatic hydroxyl groups is 1. The highest BCUT2D eigenvalue weighted by molar-refractivity contribution is 5.87. The van der Waals surface area contributed by atoms with Crippen LogP contribution in [0.2, 0.25) is 0 Å². The molecule has 0 aromatic heterocycles. The number of esters is 2. The second-order valence-corrected chi connectivity index (χ2v) is 5.84. The average molecular weight is 328 g/mol. The Morgan fingerprint density at radius 3 is 1.96 bits per heavy atom. The van der Waals surface area contributed by atoms with Crippen LogP contribution in [-0.4, -0.2) is 62.8 Å². The van der Waals surface area contributed by atoms with Crippen LogP contribution in [0.4, 0.5) is 0 Å². The summed E-state index contributed by atoms with van der Waals surface area (Å²) in [5, 5.41) is 9.72. The number of aliphatic hydroxyl groups excluding tert-OH is 1. The molecule has 1 heterocycles. The summed E-state index contributed by atoms with van der Waals surface area (Å²) in [6.45, 7) is 10.4. The number of carbonyl (C=O) groups excluding carboxylic acids is 2. The monoisotopic (exact) mass is 328 g/mol. The lowest BCUT2D eigenvalue weighted by molar-refractivity contribution is -0.156. The lowest BCUT2D eigenvalue weighted by atomic mass is 9.92. The molecule has 23 heavy (non-hydrogen) atoms. The van der Waals surface area contributed by atoms with E-state index in [1.165, 1.54) is 13.8 Å². The smallest absolute Gasteiger partial charge is 0.333 e. The Bertz CT molecular complexity index is 435. The summed E-state index contributed by atoms with van der Waals surface area (Å²) in [6, 6.07) is 0. The van der Waals surface area contributed by atoms with Gasteiger partial charge < -0.3 is 24.1 Å². The second-order valence-electron chi connectivity index (χ2n) is 5.84. The first-order valence-electron chi connectivity index (χ1n) is 7.25. The summed E-state index contributed by atoms with van der Waals surface area (Å²) in [6.07, 6.45) is 0.0577. The molecule has 0 amide bonds. The van der Waals surface area contributed by atoms with Crippen molar-refractivity contribution in [1.82, 2.24) is 0 Å². The molecule has 1 atom stereocenters. The van der Waals surface area contributed by atoms with Gasteiger partial charge >= 0.3 is 11.9 Å². The van der Waals surface area contributed by atoms with E-state index in [1.54, 1.807) is 0 Å². The van der Waals surface area contributed by atoms with E-state index in [2.05, 4.69) is 13.2 Å². The largest absolute Gasteiger partial charge is 0.461 e. The van der Waals surface area contributed by atoms with Gasteiger partial charge in [-0.3, -0.25) is 0 Å². The van der Waals surface area contributed by atoms with Gasteiger partial charge in [0.05, 0.1) is 31.8 Å². The molecule has 0 spiro atoms. The van der Waals surface area contributed by atoms with Crippen molar-refractivity contribution in [2.75, 3.05) is 39.6 Å². The fourth-order valence-electron chi connectivity index (χ4n) is 1.52. The molecule has 130 valence electrons. The number of ether oxygens (including phenoxy) is 4. The number of hydrogen-bond acceptors (Lipinski definition) is 7. The molecule has 7 nitrogen and oxygen atoms in total. The third-order valence-corrected chi connectivity index (χ3v) is 3.17. The number of rotatable bonds is 11. The maximum atomic E-state index is 11.6. The van der Waals surface area contributed by atoms with Crippen LogP contribution in [-0.2, 0) is 28.5 Å². The zero-order chi connectivity index (χ0) is 17.5. The van der Waals surface area contributed by atoms with E-state index in [-0.39, 0.29) is 43.7 Å². The van der Waals surface area contributed by atoms with Gasteiger partial charge in [0.1, 0.15) is 19.3 Å². The predicted molar refractivity (Wildman–Crippen MR) is 81.6 cm³/mol. The fourth-order valence-corrected chi connectivity index (χ4v) is 1.52. The Kier molecular flexibility index (Phi) is 7.41. The molecule has 1 unspecified atom stereocenters. The molecular weight excluding hydrogens is 304 g/mol. The van der Waals surface area contributed by atoms with E-state index in [0.29, 0.717) is 13.2 Å². The van der Waals surface area contributed by atoms with Crippen LogP contribution in [0.5, 0.6) is 0 Å². The van der Waals surface area contributed by atoms with E-state index in [1.807, 2.05) is 0 Å². The molecule has 1 aliphatic rings. The van der Waals surface area contributed by atoms with Crippen LogP contribution >= 0.6 is 0 Å². The lowest BCUT2D eigenvalue weighted by Crippen LogP contribution is -2.42. The van der Waals surface area contributed by atoms with Crippen LogP contribution in [0.25, 0.3) is 0 Å². The highest BCUT2D eigenvalue weighted by atomic mass is 16.6. The van der Waals surface area contributed by atoms with Crippen molar-refractivity contribution in [1.29, 1.82) is 0 Å². The van der Waals surface area contributed by atoms with Crippen molar-refractivity contribution in [3.05, 3.63) is 24.3 Å². The fraction of sp³-hybridized carbons (Fsp3) is 0.625. The molecule has 0 saturated carbocycles. The Hall–Kier alpha value is -1.70. The van der Waals surface area contributed by atoms with Gasteiger partial charge in [-0.1, -0.05) is 13.2 Å². The zero-order valence-electron chi connectivity index (χ0n) is 13.6. The van der Waals surface area contributed by atoms with Gasteiger partial charge in [0.25, 0.3) is 0 Å². The van der Waals surface area contributed by atoms with Crippen LogP contribution in [0.1, 0.15) is 13.8 Å². The van der Waals surface area contributed by atoms with Gasteiger partial charge in [-0.2, -0.15) is 0 Å². The number of epoxide rings is 1. The van der Waals surface area contributed by atoms with Crippen LogP contribution in [0, 0.1) is 5.41 Å². The first-order valence-corrected chi connectivity index (χ1v) is 7.25. The molecule has 1 aliphatic heterocycles. The van der Waals surface area contributed by atoms with Gasteiger partial charge in [0, 0.05) is 11.1 Å². The molecule has 1 N–H and O–H groups in total. The molecule has 0 aliphatic carbocycles. The lowest BCUT2D eigenvalue weighted by Gasteiger charge is -2.30. The van der Waals surface area contributed by atoms with Crippen LogP contribution < -0.4 is 0 Å². The van der Waals surface area contributed by atoms with Gasteiger partial charge in [0.15, 0.2) is 0 Å². The number of hydrogen-bond donors (Lipinski definition) is 1. The minimum absolute atomic E-state index is 0.0519. The van der Waals surface area contributed by atoms with Crippen LogP contribution in [0.3, 0.4) is 0 Å². The summed E-state index contributed by atoms with van der Waals surface area (Å²) in [7, 11) is 0. The normalized spacial score (nSPS) is 16.6. The molecule has 0 bridgehead atoms. The first kappa shape index (κ1) is 19.3. The first-order chi connectivity index (χ1) is 10.8. The molecular formula is C16H24O7. The van der Waals surface area contributed by atoms with E-state index in [9.17, 15) is 14.7 Å². The average Bonchev–Trinajstić information content (AvgIpc) is 3.32. The topological polar surface area (TPSA) is 94.6 Å². The molecule has 1 rings (SSSR count). The number of carbonyl (C=O) groups is 2. The van der Waals surface area contributed by atoms with E-state index < -0.39 is 17.4 Å². The van der Waals surface area contributed by atoms with Gasteiger partial charge in [0.2, 0.25) is 0 Å². The van der Waals surface area contributed by atoms with E-state index in [0.717, 1.165) is 0 Å². The van der Waals surface area contributed by atoms with Gasteiger partial charge in [-0.15, -0.1) is 0 Å². The minimum atomic E-state index is -1.05. The second kappa shape index (κ2) is 8.81. The summed E-state index contributed by atoms with van der Waals surface area (Å²) >= 11 is 0. The summed E-state index contributed by atoms with van der Waals surface area (Å²) in [5.74, 6) is -1.17. The van der Waals surface area contributed by atoms with Gasteiger partial charge in [-0.05, 0) is 13.8 Å². The molecule has 7 heteroatoms. The Morgan fingerprint density at radius 1 is 1.13 bits per heavy atom. The summed E-state index contributed by atoms with van der Waals surface area (Å²) in [5.41, 5.74) is -0.573. The van der Waals surface area contributed by atoms with Crippen LogP contribution in [0.15, 0.2) is 24.3 Å². The zero-order valence-corrected chi connectivity index (χ0v) is 13.6. The minimum Gasteiger partial charge on any atom is -0.461 e. The molecule has 0 aromatic carbocycles. The maximum Gasteiger partial charge on any atom is 0.333 e. The predicted octanol–water partition coefficient (Wildman–Crippen LogP) is 0.619. The van der Waals surface area contributed by atoms with Crippen molar-refractivity contribution in [3.8, 4) is 0 Å². The Labute approximate surface area is 135 Å². The Morgan fingerprint density at radius 2 is 1.61 bits per heavy atom. The molecule has 1 saturated heterocycles. The summed E-state index contributed by atoms with van der Waals surface area (Å²) in [4.78, 5) is 23.1. The SMILES string of the molecule is C=C(C)C(=O)OCC(CO)(COCC1CO1)COC(=O)C(=C)C. The van der Waals surface area contributed by atoms with Crippen molar-refractivity contribution in [2.24, 2.45) is 5.41 Å². The van der Waals surface area contributed by atoms with Gasteiger partial charge in [-0.25, -0.2) is 9.59 Å². The van der Waals surface area contributed by atoms with Crippen molar-refractivity contribution >= 4 is 11.9 Å². The maximum absolute atomic E-state index is 11.6. The highest BCUT2D eigenvalue weighted by Crippen LogP contribution is 2.21. The third kappa shape index (κ3) is 6.94. The van der Waals surface area contributed by atoms with E-state index in [4.69, 9.17) is 18.9 Å². The van der Waals surface area contributed by atoms with Crippen molar-refractivity contribution in [3.63, 3.8) is 0 Å². The summed E-state index contributed by atoms with van der Waals surface area (Å²) < 4.78 is 20.7. The molecule has 1 fully saturated rings. The third-order valence-electron chi connectivity index (χ3n) is 3.17. The molecule has 0 radical (unpaired) electrons. The standard InChI is InChI=1S/C16H24O7/c1-11(2)14(18)22-9-16(7-17,8-20-5-13-6-21-13)10-23-15(19)12(3)4/h13,17H,1,3,5-10H2,2,4H3. The van der Waals surface area contributed by atoms with Crippen molar-refractivity contribution in [2.45, 2.75) is 20.0 Å². The van der Waals surface area contributed by atoms with E-state index >= 15 is 0 Å². The highest BCUT2D eigenvalue weighted by Gasteiger charge is 2.35.